The van der Waals surface area contributed by atoms with Crippen LogP contribution in [0.2, 0.25) is 0 Å². The van der Waals surface area contributed by atoms with E-state index in [1.54, 1.807) is 21.3 Å². The van der Waals surface area contributed by atoms with Gasteiger partial charge in [0.15, 0.2) is 0 Å². The van der Waals surface area contributed by atoms with Crippen LogP contribution in [0.1, 0.15) is 24.8 Å². The maximum absolute atomic E-state index is 13.0. The van der Waals surface area contributed by atoms with Crippen molar-refractivity contribution < 1.29 is 33.6 Å². The van der Waals surface area contributed by atoms with E-state index in [2.05, 4.69) is 5.32 Å². The van der Waals surface area contributed by atoms with Gasteiger partial charge in [0.25, 0.3) is 5.91 Å². The number of rotatable bonds is 11. The molecule has 2 atom stereocenters. The number of methoxy groups -OCH3 is 3. The van der Waals surface area contributed by atoms with Crippen LogP contribution in [0.25, 0.3) is 11.1 Å². The van der Waals surface area contributed by atoms with Gasteiger partial charge in [0.2, 0.25) is 0 Å². The van der Waals surface area contributed by atoms with E-state index in [9.17, 15) is 14.7 Å². The van der Waals surface area contributed by atoms with Crippen molar-refractivity contribution in [3.8, 4) is 22.6 Å². The number of ether oxygens (including phenoxy) is 4. The molecule has 1 aliphatic heterocycles. The monoisotopic (exact) mass is 457 g/mol. The Morgan fingerprint density at radius 1 is 1.09 bits per heavy atom. The molecule has 0 radical (unpaired) electrons. The van der Waals surface area contributed by atoms with Gasteiger partial charge in [-0.15, -0.1) is 0 Å². The Labute approximate surface area is 193 Å². The molecule has 1 unspecified atom stereocenters. The average molecular weight is 458 g/mol. The number of hydrogen-bond acceptors (Lipinski definition) is 6. The molecule has 1 aliphatic rings. The smallest absolute Gasteiger partial charge is 0.326 e. The average Bonchev–Trinajstić information content (AvgIpc) is 3.32. The minimum absolute atomic E-state index is 0.144. The van der Waals surface area contributed by atoms with Gasteiger partial charge in [0, 0.05) is 33.2 Å². The molecule has 0 bridgehead atoms. The minimum Gasteiger partial charge on any atom is -0.496 e. The molecule has 1 saturated heterocycles. The molecule has 0 saturated carbocycles. The fourth-order valence-corrected chi connectivity index (χ4v) is 4.12. The highest BCUT2D eigenvalue weighted by Gasteiger charge is 2.43. The summed E-state index contributed by atoms with van der Waals surface area (Å²) in [5, 5.41) is 12.4. The summed E-state index contributed by atoms with van der Waals surface area (Å²) >= 11 is 0. The Kier molecular flexibility index (Phi) is 8.30. The van der Waals surface area contributed by atoms with E-state index in [4.69, 9.17) is 18.9 Å². The zero-order valence-electron chi connectivity index (χ0n) is 19.3. The van der Waals surface area contributed by atoms with Crippen LogP contribution in [0.4, 0.5) is 0 Å². The lowest BCUT2D eigenvalue weighted by Crippen LogP contribution is -2.53. The molecule has 0 aliphatic carbocycles. The van der Waals surface area contributed by atoms with Crippen LogP contribution in [0.5, 0.6) is 11.5 Å². The minimum atomic E-state index is -1.10. The number of carbonyl (C=O) groups is 2. The van der Waals surface area contributed by atoms with Gasteiger partial charge in [-0.2, -0.15) is 0 Å². The molecule has 2 N–H and O–H groups in total. The normalized spacial score (nSPS) is 18.5. The number of carboxylic acid groups (broad SMARTS) is 1. The molecular formula is C25H31NO7. The Hall–Kier alpha value is -3.10. The van der Waals surface area contributed by atoms with E-state index in [-0.39, 0.29) is 6.42 Å². The van der Waals surface area contributed by atoms with Gasteiger partial charge in [-0.1, -0.05) is 30.3 Å². The molecule has 8 heteroatoms. The molecule has 178 valence electrons. The molecule has 1 fully saturated rings. The number of aliphatic carboxylic acids is 1. The van der Waals surface area contributed by atoms with Crippen molar-refractivity contribution in [3.05, 3.63) is 48.0 Å². The number of carbonyl (C=O) groups excluding carboxylic acids is 1. The largest absolute Gasteiger partial charge is 0.496 e. The summed E-state index contributed by atoms with van der Waals surface area (Å²) in [6.45, 7) is 0.835. The van der Waals surface area contributed by atoms with Gasteiger partial charge < -0.3 is 29.4 Å². The van der Waals surface area contributed by atoms with E-state index in [0.717, 1.165) is 23.1 Å². The van der Waals surface area contributed by atoms with Gasteiger partial charge in [0.05, 0.1) is 19.8 Å². The lowest BCUT2D eigenvalue weighted by Gasteiger charge is -2.28. The summed E-state index contributed by atoms with van der Waals surface area (Å²) in [6.07, 6.45) is 1.83. The van der Waals surface area contributed by atoms with Crippen LogP contribution in [0, 0.1) is 0 Å². The van der Waals surface area contributed by atoms with Crippen molar-refractivity contribution in [2.75, 3.05) is 34.5 Å². The molecule has 1 heterocycles. The second-order valence-electron chi connectivity index (χ2n) is 7.99. The third-order valence-electron chi connectivity index (χ3n) is 5.94. The third kappa shape index (κ3) is 5.64. The van der Waals surface area contributed by atoms with Crippen LogP contribution in [-0.4, -0.2) is 63.2 Å². The van der Waals surface area contributed by atoms with Gasteiger partial charge in [-0.05, 0) is 36.1 Å². The number of hydrogen-bond donors (Lipinski definition) is 2. The quantitative estimate of drug-likeness (QED) is 0.534. The zero-order chi connectivity index (χ0) is 23.8. The van der Waals surface area contributed by atoms with Crippen molar-refractivity contribution in [2.24, 2.45) is 0 Å². The van der Waals surface area contributed by atoms with Crippen molar-refractivity contribution in [1.82, 2.24) is 5.32 Å². The molecule has 0 aromatic heterocycles. The van der Waals surface area contributed by atoms with Gasteiger partial charge in [-0.25, -0.2) is 4.79 Å². The molecule has 1 amide bonds. The summed E-state index contributed by atoms with van der Waals surface area (Å²) in [4.78, 5) is 24.9. The number of carboxylic acids is 1. The molecule has 0 spiro atoms. The van der Waals surface area contributed by atoms with E-state index in [1.807, 2.05) is 42.5 Å². The highest BCUT2D eigenvalue weighted by Crippen LogP contribution is 2.38. The predicted octanol–water partition coefficient (Wildman–Crippen LogP) is 3.07. The maximum Gasteiger partial charge on any atom is 0.326 e. The second-order valence-corrected chi connectivity index (χ2v) is 7.99. The van der Waals surface area contributed by atoms with Gasteiger partial charge in [-0.3, -0.25) is 4.79 Å². The summed E-state index contributed by atoms with van der Waals surface area (Å²) in [6, 6.07) is 11.9. The van der Waals surface area contributed by atoms with Crippen molar-refractivity contribution >= 4 is 11.9 Å². The summed E-state index contributed by atoms with van der Waals surface area (Å²) < 4.78 is 21.8. The van der Waals surface area contributed by atoms with E-state index < -0.39 is 23.5 Å². The SMILES string of the molecule is COCCC1(C(=O)N[C@@H](Cc2ccc(-c3c(OC)cccc3OC)cc2)C(=O)O)CCCO1. The Bertz CT molecular complexity index is 929. The predicted molar refractivity (Wildman–Crippen MR) is 123 cm³/mol. The topological polar surface area (TPSA) is 103 Å². The number of nitrogens with one attached hydrogen (secondary N) is 1. The maximum atomic E-state index is 13.0. The van der Waals surface area contributed by atoms with Crippen LogP contribution >= 0.6 is 0 Å². The molecular weight excluding hydrogens is 426 g/mol. The van der Waals surface area contributed by atoms with Crippen LogP contribution in [0.15, 0.2) is 42.5 Å². The van der Waals surface area contributed by atoms with Crippen molar-refractivity contribution in [3.63, 3.8) is 0 Å². The lowest BCUT2D eigenvalue weighted by atomic mass is 9.94. The fraction of sp³-hybridized carbons (Fsp3) is 0.440. The Morgan fingerprint density at radius 2 is 1.76 bits per heavy atom. The highest BCUT2D eigenvalue weighted by atomic mass is 16.5. The third-order valence-corrected chi connectivity index (χ3v) is 5.94. The highest BCUT2D eigenvalue weighted by molar-refractivity contribution is 5.89. The standard InChI is InChI=1S/C25H31NO7/c1-30-15-13-25(12-5-14-33-25)24(29)26-19(23(27)28)16-17-8-10-18(11-9-17)22-20(31-2)6-4-7-21(22)32-3/h4,6-11,19H,5,12-16H2,1-3H3,(H,26,29)(H,27,28)/t19-,25?/m0/s1. The Morgan fingerprint density at radius 3 is 2.27 bits per heavy atom. The fourth-order valence-electron chi connectivity index (χ4n) is 4.12. The molecule has 2 aromatic rings. The first-order valence-corrected chi connectivity index (χ1v) is 10.9. The zero-order valence-corrected chi connectivity index (χ0v) is 19.3. The first kappa shape index (κ1) is 24.5. The summed E-state index contributed by atoms with van der Waals surface area (Å²) in [5.41, 5.74) is 1.43. The van der Waals surface area contributed by atoms with Gasteiger partial charge >= 0.3 is 5.97 Å². The number of benzene rings is 2. The van der Waals surface area contributed by atoms with E-state index >= 15 is 0 Å². The molecule has 3 rings (SSSR count). The molecule has 8 nitrogen and oxygen atoms in total. The van der Waals surface area contributed by atoms with Crippen LogP contribution in [0.3, 0.4) is 0 Å². The summed E-state index contributed by atoms with van der Waals surface area (Å²) in [7, 11) is 4.76. The number of amides is 1. The molecule has 2 aromatic carbocycles. The van der Waals surface area contributed by atoms with Crippen LogP contribution in [-0.2, 0) is 25.5 Å². The first-order valence-electron chi connectivity index (χ1n) is 10.9. The van der Waals surface area contributed by atoms with Crippen LogP contribution < -0.4 is 14.8 Å². The summed E-state index contributed by atoms with van der Waals surface area (Å²) in [5.74, 6) is -0.148. The van der Waals surface area contributed by atoms with Crippen molar-refractivity contribution in [1.29, 1.82) is 0 Å². The molecule has 33 heavy (non-hydrogen) atoms. The van der Waals surface area contributed by atoms with Crippen molar-refractivity contribution in [2.45, 2.75) is 37.3 Å². The van der Waals surface area contributed by atoms with Gasteiger partial charge in [0.1, 0.15) is 23.1 Å². The second kappa shape index (κ2) is 11.2. The first-order chi connectivity index (χ1) is 15.9. The Balaban J connectivity index is 1.76. The van der Waals surface area contributed by atoms with E-state index in [0.29, 0.717) is 37.6 Å². The van der Waals surface area contributed by atoms with E-state index in [1.165, 1.54) is 0 Å². The lowest BCUT2D eigenvalue weighted by molar-refractivity contribution is -0.149.